The van der Waals surface area contributed by atoms with Crippen molar-refractivity contribution in [1.29, 1.82) is 0 Å². The van der Waals surface area contributed by atoms with Gasteiger partial charge in [-0.1, -0.05) is 11.6 Å². The van der Waals surface area contributed by atoms with E-state index >= 15 is 0 Å². The van der Waals surface area contributed by atoms with Crippen molar-refractivity contribution in [1.82, 2.24) is 25.2 Å². The maximum atomic E-state index is 5.83. The predicted molar refractivity (Wildman–Crippen MR) is 73.4 cm³/mol. The van der Waals surface area contributed by atoms with Crippen LogP contribution in [0.2, 0.25) is 5.02 Å². The van der Waals surface area contributed by atoms with Crippen molar-refractivity contribution in [2.45, 2.75) is 32.4 Å². The second kappa shape index (κ2) is 6.10. The minimum Gasteiger partial charge on any atom is -0.271 e. The van der Waals surface area contributed by atoms with E-state index in [0.29, 0.717) is 11.4 Å². The highest BCUT2D eigenvalue weighted by atomic mass is 35.5. The molecule has 0 aliphatic carbocycles. The predicted octanol–water partition coefficient (Wildman–Crippen LogP) is 1.65. The fourth-order valence-corrected chi connectivity index (χ4v) is 1.99. The van der Waals surface area contributed by atoms with E-state index < -0.39 is 0 Å². The summed E-state index contributed by atoms with van der Waals surface area (Å²) in [5.41, 5.74) is 3.58. The zero-order valence-electron chi connectivity index (χ0n) is 10.9. The number of pyridine rings is 1. The number of hydrogen-bond acceptors (Lipinski definition) is 5. The van der Waals surface area contributed by atoms with E-state index in [1.54, 1.807) is 18.6 Å². The Morgan fingerprint density at radius 2 is 2.16 bits per heavy atom. The van der Waals surface area contributed by atoms with Gasteiger partial charge in [0.05, 0.1) is 16.8 Å². The number of nitrogens with zero attached hydrogens (tertiary/aromatic N) is 4. The Labute approximate surface area is 117 Å². The summed E-state index contributed by atoms with van der Waals surface area (Å²) in [6, 6.07) is 3.78. The first-order valence-corrected chi connectivity index (χ1v) is 6.45. The molecule has 0 aliphatic heterocycles. The average molecular weight is 281 g/mol. The molecule has 0 amide bonds. The lowest BCUT2D eigenvalue weighted by atomic mass is 10.1. The van der Waals surface area contributed by atoms with Crippen LogP contribution in [-0.4, -0.2) is 19.7 Å². The molecule has 0 aromatic carbocycles. The van der Waals surface area contributed by atoms with Crippen LogP contribution in [0, 0.1) is 0 Å². The summed E-state index contributed by atoms with van der Waals surface area (Å²) in [6.07, 6.45) is 3.77. The van der Waals surface area contributed by atoms with Crippen molar-refractivity contribution in [3.63, 3.8) is 0 Å². The minimum absolute atomic E-state index is 0.126. The van der Waals surface area contributed by atoms with Crippen molar-refractivity contribution in [2.75, 3.05) is 0 Å². The number of hydrazine groups is 1. The standard InChI is InChI=1S/C12H17ClN6/c1-8(2)19-12(16-7-17-19)5-11(18-14)10-4-3-9(13)6-15-10/h3-4,6-8,11,18H,5,14H2,1-2H3. The van der Waals surface area contributed by atoms with Gasteiger partial charge in [0.25, 0.3) is 0 Å². The van der Waals surface area contributed by atoms with Crippen LogP contribution in [0.4, 0.5) is 0 Å². The summed E-state index contributed by atoms with van der Waals surface area (Å²) in [7, 11) is 0. The highest BCUT2D eigenvalue weighted by molar-refractivity contribution is 6.30. The Hall–Kier alpha value is -1.50. The first-order valence-electron chi connectivity index (χ1n) is 6.07. The molecular weight excluding hydrogens is 264 g/mol. The van der Waals surface area contributed by atoms with Crippen LogP contribution in [0.1, 0.15) is 37.4 Å². The molecule has 6 nitrogen and oxygen atoms in total. The molecule has 0 saturated carbocycles. The smallest absolute Gasteiger partial charge is 0.138 e. The van der Waals surface area contributed by atoms with Crippen molar-refractivity contribution in [3.8, 4) is 0 Å². The van der Waals surface area contributed by atoms with Gasteiger partial charge in [0.15, 0.2) is 0 Å². The van der Waals surface area contributed by atoms with Gasteiger partial charge in [-0.2, -0.15) is 5.10 Å². The molecular formula is C12H17ClN6. The third kappa shape index (κ3) is 3.28. The summed E-state index contributed by atoms with van der Waals surface area (Å²) in [5, 5.41) is 4.81. The highest BCUT2D eigenvalue weighted by Crippen LogP contribution is 2.17. The quantitative estimate of drug-likeness (QED) is 0.643. The molecule has 2 aromatic heterocycles. The Kier molecular flexibility index (Phi) is 4.47. The van der Waals surface area contributed by atoms with Gasteiger partial charge in [-0.15, -0.1) is 0 Å². The normalized spacial score (nSPS) is 12.9. The molecule has 102 valence electrons. The second-order valence-electron chi connectivity index (χ2n) is 4.54. The van der Waals surface area contributed by atoms with Crippen LogP contribution in [0.15, 0.2) is 24.7 Å². The molecule has 1 unspecified atom stereocenters. The van der Waals surface area contributed by atoms with Gasteiger partial charge in [-0.3, -0.25) is 16.3 Å². The zero-order chi connectivity index (χ0) is 13.8. The number of aromatic nitrogens is 4. The number of rotatable bonds is 5. The molecule has 2 rings (SSSR count). The Morgan fingerprint density at radius 3 is 2.74 bits per heavy atom. The maximum absolute atomic E-state index is 5.83. The third-order valence-electron chi connectivity index (χ3n) is 2.83. The second-order valence-corrected chi connectivity index (χ2v) is 4.98. The van der Waals surface area contributed by atoms with Crippen LogP contribution in [0.5, 0.6) is 0 Å². The molecule has 1 atom stereocenters. The van der Waals surface area contributed by atoms with Gasteiger partial charge < -0.3 is 0 Å². The van der Waals surface area contributed by atoms with Gasteiger partial charge in [0.2, 0.25) is 0 Å². The molecule has 0 bridgehead atoms. The van der Waals surface area contributed by atoms with E-state index in [9.17, 15) is 0 Å². The fourth-order valence-electron chi connectivity index (χ4n) is 1.88. The Bertz CT molecular complexity index is 521. The first-order chi connectivity index (χ1) is 9.11. The molecule has 2 heterocycles. The van der Waals surface area contributed by atoms with Crippen LogP contribution in [0.25, 0.3) is 0 Å². The van der Waals surface area contributed by atoms with Crippen molar-refractivity contribution < 1.29 is 0 Å². The van der Waals surface area contributed by atoms with Crippen LogP contribution in [0.3, 0.4) is 0 Å². The molecule has 0 radical (unpaired) electrons. The first kappa shape index (κ1) is 13.9. The highest BCUT2D eigenvalue weighted by Gasteiger charge is 2.16. The lowest BCUT2D eigenvalue weighted by Gasteiger charge is -2.16. The Balaban J connectivity index is 2.19. The number of nitrogens with two attached hydrogens (primary N) is 1. The van der Waals surface area contributed by atoms with Crippen molar-refractivity contribution in [3.05, 3.63) is 41.2 Å². The molecule has 0 aliphatic rings. The van der Waals surface area contributed by atoms with Gasteiger partial charge in [-0.05, 0) is 26.0 Å². The van der Waals surface area contributed by atoms with E-state index in [2.05, 4.69) is 34.3 Å². The van der Waals surface area contributed by atoms with E-state index in [1.807, 2.05) is 10.7 Å². The molecule has 3 N–H and O–H groups in total. The number of nitrogens with one attached hydrogen (secondary N) is 1. The number of halogens is 1. The minimum atomic E-state index is -0.126. The van der Waals surface area contributed by atoms with Gasteiger partial charge in [0.1, 0.15) is 12.2 Å². The largest absolute Gasteiger partial charge is 0.271 e. The Morgan fingerprint density at radius 1 is 1.37 bits per heavy atom. The lowest BCUT2D eigenvalue weighted by molar-refractivity contribution is 0.464. The summed E-state index contributed by atoms with van der Waals surface area (Å²) < 4.78 is 1.88. The molecule has 0 fully saturated rings. The summed E-state index contributed by atoms with van der Waals surface area (Å²) in [5.74, 6) is 6.48. The van der Waals surface area contributed by atoms with Crippen LogP contribution in [-0.2, 0) is 6.42 Å². The van der Waals surface area contributed by atoms with E-state index in [-0.39, 0.29) is 12.1 Å². The van der Waals surface area contributed by atoms with Crippen molar-refractivity contribution >= 4 is 11.6 Å². The molecule has 19 heavy (non-hydrogen) atoms. The van der Waals surface area contributed by atoms with Gasteiger partial charge in [0, 0.05) is 18.7 Å². The van der Waals surface area contributed by atoms with Crippen LogP contribution >= 0.6 is 11.6 Å². The summed E-state index contributed by atoms with van der Waals surface area (Å²) in [4.78, 5) is 8.54. The fraction of sp³-hybridized carbons (Fsp3) is 0.417. The van der Waals surface area contributed by atoms with E-state index in [4.69, 9.17) is 17.4 Å². The average Bonchev–Trinajstić information content (AvgIpc) is 2.85. The van der Waals surface area contributed by atoms with Gasteiger partial charge in [-0.25, -0.2) is 9.67 Å². The SMILES string of the molecule is CC(C)n1ncnc1CC(NN)c1ccc(Cl)cn1. The van der Waals surface area contributed by atoms with Gasteiger partial charge >= 0.3 is 0 Å². The summed E-state index contributed by atoms with van der Waals surface area (Å²) in [6.45, 7) is 4.12. The topological polar surface area (TPSA) is 81.7 Å². The molecule has 7 heteroatoms. The van der Waals surface area contributed by atoms with E-state index in [0.717, 1.165) is 11.5 Å². The lowest BCUT2D eigenvalue weighted by Crippen LogP contribution is -2.31. The monoisotopic (exact) mass is 280 g/mol. The van der Waals surface area contributed by atoms with Crippen molar-refractivity contribution in [2.24, 2.45) is 5.84 Å². The summed E-state index contributed by atoms with van der Waals surface area (Å²) >= 11 is 5.83. The molecule has 0 saturated heterocycles. The van der Waals surface area contributed by atoms with Crippen LogP contribution < -0.4 is 11.3 Å². The zero-order valence-corrected chi connectivity index (χ0v) is 11.7. The molecule has 0 spiro atoms. The third-order valence-corrected chi connectivity index (χ3v) is 3.06. The van der Waals surface area contributed by atoms with E-state index in [1.165, 1.54) is 0 Å². The number of hydrogen-bond donors (Lipinski definition) is 2. The molecule has 2 aromatic rings. The maximum Gasteiger partial charge on any atom is 0.138 e.